The SMILES string of the molecule is O=C(COCC1CCCCO1)N1CC(Nc2nc(N3CCOCC3)nc(-n3c(C(F)F)nc4ccccc43)n2)C1. The van der Waals surface area contributed by atoms with Crippen molar-refractivity contribution < 1.29 is 27.8 Å². The van der Waals surface area contributed by atoms with Gasteiger partial charge in [0.25, 0.3) is 6.43 Å². The van der Waals surface area contributed by atoms with Crippen LogP contribution in [-0.4, -0.2) is 107 Å². The molecule has 1 atom stereocenters. The molecule has 3 aliphatic heterocycles. The van der Waals surface area contributed by atoms with Crippen LogP contribution in [0.2, 0.25) is 0 Å². The summed E-state index contributed by atoms with van der Waals surface area (Å²) in [4.78, 5) is 34.0. The molecule has 12 nitrogen and oxygen atoms in total. The first kappa shape index (κ1) is 26.7. The van der Waals surface area contributed by atoms with Crippen molar-refractivity contribution in [1.29, 1.82) is 0 Å². The summed E-state index contributed by atoms with van der Waals surface area (Å²) in [5.41, 5.74) is 0.896. The molecule has 0 aliphatic carbocycles. The molecule has 6 rings (SSSR count). The number of nitrogens with zero attached hydrogens (tertiary/aromatic N) is 7. The third kappa shape index (κ3) is 5.83. The van der Waals surface area contributed by atoms with Gasteiger partial charge < -0.3 is 29.3 Å². The predicted molar refractivity (Wildman–Crippen MR) is 141 cm³/mol. The molecular weight excluding hydrogens is 526 g/mol. The molecule has 3 saturated heterocycles. The van der Waals surface area contributed by atoms with Gasteiger partial charge in [0.05, 0.1) is 43.0 Å². The van der Waals surface area contributed by atoms with Crippen LogP contribution < -0.4 is 10.2 Å². The zero-order valence-corrected chi connectivity index (χ0v) is 22.0. The second-order valence-electron chi connectivity index (χ2n) is 10.1. The minimum atomic E-state index is -2.83. The molecule has 0 radical (unpaired) electrons. The molecule has 14 heteroatoms. The number of benzene rings is 1. The summed E-state index contributed by atoms with van der Waals surface area (Å²) in [6, 6.07) is 6.77. The Balaban J connectivity index is 1.17. The molecule has 214 valence electrons. The molecule has 1 amide bonds. The van der Waals surface area contributed by atoms with E-state index in [2.05, 4.69) is 25.3 Å². The van der Waals surface area contributed by atoms with Crippen molar-refractivity contribution in [2.45, 2.75) is 37.8 Å². The normalized spacial score (nSPS) is 20.2. The lowest BCUT2D eigenvalue weighted by molar-refractivity contribution is -0.142. The van der Waals surface area contributed by atoms with Gasteiger partial charge in [-0.15, -0.1) is 0 Å². The number of rotatable bonds is 9. The number of aromatic nitrogens is 5. The smallest absolute Gasteiger partial charge is 0.296 e. The molecule has 2 aromatic heterocycles. The number of ether oxygens (including phenoxy) is 3. The van der Waals surface area contributed by atoms with Gasteiger partial charge in [0.1, 0.15) is 6.61 Å². The van der Waals surface area contributed by atoms with E-state index in [1.165, 1.54) is 4.57 Å². The lowest BCUT2D eigenvalue weighted by Crippen LogP contribution is -2.58. The van der Waals surface area contributed by atoms with Gasteiger partial charge in [-0.2, -0.15) is 15.0 Å². The Hall–Kier alpha value is -3.49. The van der Waals surface area contributed by atoms with Crippen LogP contribution in [0.4, 0.5) is 20.7 Å². The fourth-order valence-corrected chi connectivity index (χ4v) is 5.09. The third-order valence-electron chi connectivity index (χ3n) is 7.26. The number of nitrogens with one attached hydrogen (secondary N) is 1. The van der Waals surface area contributed by atoms with Crippen molar-refractivity contribution in [2.75, 3.05) is 69.4 Å². The molecule has 3 aliphatic rings. The fraction of sp³-hybridized carbons (Fsp3) is 0.577. The highest BCUT2D eigenvalue weighted by molar-refractivity contribution is 5.79. The first-order valence-electron chi connectivity index (χ1n) is 13.6. The van der Waals surface area contributed by atoms with E-state index < -0.39 is 12.2 Å². The van der Waals surface area contributed by atoms with Crippen molar-refractivity contribution in [1.82, 2.24) is 29.4 Å². The molecule has 1 N–H and O–H groups in total. The average Bonchev–Trinajstić information content (AvgIpc) is 3.36. The first-order chi connectivity index (χ1) is 19.5. The number of alkyl halides is 2. The van der Waals surface area contributed by atoms with Crippen molar-refractivity contribution in [3.05, 3.63) is 30.1 Å². The summed E-state index contributed by atoms with van der Waals surface area (Å²) < 4.78 is 46.1. The van der Waals surface area contributed by atoms with E-state index >= 15 is 0 Å². The molecule has 0 spiro atoms. The second kappa shape index (κ2) is 11.9. The quantitative estimate of drug-likeness (QED) is 0.419. The van der Waals surface area contributed by atoms with Crippen LogP contribution in [0.3, 0.4) is 0 Å². The zero-order valence-electron chi connectivity index (χ0n) is 22.0. The number of halogens is 2. The lowest BCUT2D eigenvalue weighted by Gasteiger charge is -2.39. The number of fused-ring (bicyclic) bond motifs is 1. The second-order valence-corrected chi connectivity index (χ2v) is 10.1. The Morgan fingerprint density at radius 1 is 1.05 bits per heavy atom. The fourth-order valence-electron chi connectivity index (χ4n) is 5.09. The molecule has 1 aromatic carbocycles. The van der Waals surface area contributed by atoms with E-state index in [0.717, 1.165) is 25.9 Å². The van der Waals surface area contributed by atoms with Gasteiger partial charge >= 0.3 is 0 Å². The standard InChI is InChI=1S/C26H32F2N8O4/c27-22(28)23-30-19-6-1-2-7-20(19)36(23)26-32-24(31-25(33-26)34-8-11-38-12-9-34)29-17-13-35(14-17)21(37)16-39-15-18-5-3-4-10-40-18/h1-2,6-7,17-18,22H,3-5,8-16H2,(H,29,31,32,33). The Kier molecular flexibility index (Phi) is 7.98. The van der Waals surface area contributed by atoms with Gasteiger partial charge in [-0.1, -0.05) is 12.1 Å². The van der Waals surface area contributed by atoms with E-state index in [1.807, 2.05) is 4.90 Å². The summed E-state index contributed by atoms with van der Waals surface area (Å²) in [5.74, 6) is 0.122. The summed E-state index contributed by atoms with van der Waals surface area (Å²) in [6.45, 7) is 4.21. The van der Waals surface area contributed by atoms with Gasteiger partial charge in [0, 0.05) is 32.8 Å². The van der Waals surface area contributed by atoms with Crippen LogP contribution >= 0.6 is 0 Å². The van der Waals surface area contributed by atoms with Gasteiger partial charge in [0.15, 0.2) is 5.82 Å². The van der Waals surface area contributed by atoms with E-state index in [4.69, 9.17) is 14.2 Å². The summed E-state index contributed by atoms with van der Waals surface area (Å²) in [5, 5.41) is 3.25. The van der Waals surface area contributed by atoms with Crippen molar-refractivity contribution in [3.63, 3.8) is 0 Å². The van der Waals surface area contributed by atoms with Crippen LogP contribution in [0, 0.1) is 0 Å². The third-order valence-corrected chi connectivity index (χ3v) is 7.26. The maximum atomic E-state index is 14.0. The molecule has 1 unspecified atom stereocenters. The summed E-state index contributed by atoms with van der Waals surface area (Å²) in [6.07, 6.45) is 0.377. The van der Waals surface area contributed by atoms with Crippen LogP contribution in [0.15, 0.2) is 24.3 Å². The Bertz CT molecular complexity index is 1320. The number of para-hydroxylation sites is 2. The molecule has 0 bridgehead atoms. The van der Waals surface area contributed by atoms with E-state index in [0.29, 0.717) is 63.0 Å². The van der Waals surface area contributed by atoms with Crippen LogP contribution in [0.25, 0.3) is 17.0 Å². The van der Waals surface area contributed by atoms with Gasteiger partial charge in [-0.3, -0.25) is 9.36 Å². The largest absolute Gasteiger partial charge is 0.378 e. The molecule has 5 heterocycles. The highest BCUT2D eigenvalue weighted by Gasteiger charge is 2.32. The number of amides is 1. The Morgan fingerprint density at radius 3 is 2.62 bits per heavy atom. The van der Waals surface area contributed by atoms with Crippen molar-refractivity contribution in [3.8, 4) is 5.95 Å². The van der Waals surface area contributed by atoms with Crippen molar-refractivity contribution >= 4 is 28.8 Å². The van der Waals surface area contributed by atoms with Gasteiger partial charge in [-0.25, -0.2) is 13.8 Å². The molecule has 3 aromatic rings. The van der Waals surface area contributed by atoms with E-state index in [1.54, 1.807) is 29.2 Å². The van der Waals surface area contributed by atoms with E-state index in [-0.39, 0.29) is 36.6 Å². The minimum Gasteiger partial charge on any atom is -0.378 e. The molecule has 3 fully saturated rings. The number of anilines is 2. The minimum absolute atomic E-state index is 0.00771. The monoisotopic (exact) mass is 558 g/mol. The maximum absolute atomic E-state index is 14.0. The topological polar surface area (TPSA) is 120 Å². The highest BCUT2D eigenvalue weighted by Crippen LogP contribution is 2.28. The number of hydrogen-bond donors (Lipinski definition) is 1. The zero-order chi connectivity index (χ0) is 27.5. The van der Waals surface area contributed by atoms with E-state index in [9.17, 15) is 13.6 Å². The number of morpholine rings is 1. The van der Waals surface area contributed by atoms with Crippen LogP contribution in [-0.2, 0) is 19.0 Å². The number of imidazole rings is 1. The maximum Gasteiger partial charge on any atom is 0.296 e. The number of likely N-dealkylation sites (tertiary alicyclic amines) is 1. The molecule has 0 saturated carbocycles. The van der Waals surface area contributed by atoms with Crippen LogP contribution in [0.5, 0.6) is 0 Å². The predicted octanol–water partition coefficient (Wildman–Crippen LogP) is 2.19. The molecular formula is C26H32F2N8O4. The highest BCUT2D eigenvalue weighted by atomic mass is 19.3. The molecule has 40 heavy (non-hydrogen) atoms. The average molecular weight is 559 g/mol. The Labute approximate surface area is 229 Å². The number of carbonyl (C=O) groups excluding carboxylic acids is 1. The summed E-state index contributed by atoms with van der Waals surface area (Å²) >= 11 is 0. The lowest BCUT2D eigenvalue weighted by atomic mass is 10.1. The number of carbonyl (C=O) groups is 1. The van der Waals surface area contributed by atoms with Crippen molar-refractivity contribution in [2.24, 2.45) is 0 Å². The number of hydrogen-bond acceptors (Lipinski definition) is 10. The van der Waals surface area contributed by atoms with Gasteiger partial charge in [0.2, 0.25) is 23.8 Å². The summed E-state index contributed by atoms with van der Waals surface area (Å²) in [7, 11) is 0. The Morgan fingerprint density at radius 2 is 1.85 bits per heavy atom. The first-order valence-corrected chi connectivity index (χ1v) is 13.6. The van der Waals surface area contributed by atoms with Gasteiger partial charge in [-0.05, 0) is 31.4 Å². The van der Waals surface area contributed by atoms with Crippen LogP contribution in [0.1, 0.15) is 31.5 Å².